The number of hydrogen-bond donors (Lipinski definition) is 2. The van der Waals surface area contributed by atoms with Gasteiger partial charge in [-0.25, -0.2) is 4.39 Å². The van der Waals surface area contributed by atoms with Crippen LogP contribution in [0.2, 0.25) is 0 Å². The molecule has 178 valence electrons. The number of nitrogens with zero attached hydrogens (tertiary/aromatic N) is 2. The summed E-state index contributed by atoms with van der Waals surface area (Å²) in [6, 6.07) is 16.6. The topological polar surface area (TPSA) is 83.4 Å². The first kappa shape index (κ1) is 22.8. The fourth-order valence-electron chi connectivity index (χ4n) is 4.47. The van der Waals surface area contributed by atoms with E-state index in [0.717, 1.165) is 15.8 Å². The molecule has 7 nitrogen and oxygen atoms in total. The lowest BCUT2D eigenvalue weighted by Crippen LogP contribution is -2.64. The molecule has 1 unspecified atom stereocenters. The molecule has 0 fully saturated rings. The Labute approximate surface area is 205 Å². The summed E-state index contributed by atoms with van der Waals surface area (Å²) in [6.45, 7) is 3.63. The number of rotatable bonds is 5. The average Bonchev–Trinajstić information content (AvgIpc) is 3.42. The van der Waals surface area contributed by atoms with E-state index in [1.807, 2.05) is 22.1 Å². The molecule has 3 amide bonds. The van der Waals surface area contributed by atoms with E-state index in [2.05, 4.69) is 10.6 Å². The minimum absolute atomic E-state index is 0.199. The Kier molecular flexibility index (Phi) is 5.64. The number of halogens is 1. The second kappa shape index (κ2) is 8.66. The summed E-state index contributed by atoms with van der Waals surface area (Å²) in [4.78, 5) is 41.3. The fraction of sp³-hybridized carbons (Fsp3) is 0.192. The molecule has 2 N–H and O–H groups in total. The Bertz CT molecular complexity index is 1440. The van der Waals surface area contributed by atoms with Crippen molar-refractivity contribution in [1.29, 1.82) is 0 Å². The highest BCUT2D eigenvalue weighted by Gasteiger charge is 2.48. The minimum Gasteiger partial charge on any atom is -0.350 e. The quantitative estimate of drug-likeness (QED) is 0.431. The van der Waals surface area contributed by atoms with Gasteiger partial charge in [0.1, 0.15) is 21.9 Å². The summed E-state index contributed by atoms with van der Waals surface area (Å²) < 4.78 is 15.2. The van der Waals surface area contributed by atoms with Crippen molar-refractivity contribution in [3.8, 4) is 0 Å². The predicted molar refractivity (Wildman–Crippen MR) is 134 cm³/mol. The summed E-state index contributed by atoms with van der Waals surface area (Å²) in [7, 11) is 0. The van der Waals surface area contributed by atoms with Gasteiger partial charge in [0.2, 0.25) is 11.8 Å². The van der Waals surface area contributed by atoms with Gasteiger partial charge in [0, 0.05) is 30.2 Å². The van der Waals surface area contributed by atoms with Crippen molar-refractivity contribution in [3.05, 3.63) is 83.1 Å². The zero-order valence-corrected chi connectivity index (χ0v) is 20.0. The van der Waals surface area contributed by atoms with Crippen LogP contribution in [0, 0.1) is 5.82 Å². The van der Waals surface area contributed by atoms with Crippen LogP contribution in [0.15, 0.2) is 66.0 Å². The Morgan fingerprint density at radius 3 is 2.49 bits per heavy atom. The zero-order valence-electron chi connectivity index (χ0n) is 19.2. The number of hydrogen-bond acceptors (Lipinski definition) is 4. The van der Waals surface area contributed by atoms with Crippen LogP contribution in [0.3, 0.4) is 0 Å². The van der Waals surface area contributed by atoms with Crippen molar-refractivity contribution in [2.45, 2.75) is 32.5 Å². The van der Waals surface area contributed by atoms with Crippen LogP contribution in [0.4, 0.5) is 15.8 Å². The zero-order chi connectivity index (χ0) is 24.7. The average molecular weight is 491 g/mol. The Morgan fingerprint density at radius 1 is 1.09 bits per heavy atom. The molecular weight excluding hydrogens is 467 g/mol. The van der Waals surface area contributed by atoms with Gasteiger partial charge in [0.25, 0.3) is 5.91 Å². The number of carbonyl (C=O) groups excluding carboxylic acids is 3. The molecule has 0 saturated heterocycles. The van der Waals surface area contributed by atoms with Gasteiger partial charge >= 0.3 is 0 Å². The van der Waals surface area contributed by atoms with Crippen molar-refractivity contribution >= 4 is 50.6 Å². The standard InChI is InChI=1S/C26H23FN4O3S/c1-16(32)29-20-7-9-21(10-8-20)31-23(33)22-13-18-11-12-35-24(18)30(22)15-26(31,2)25(34)28-14-17-3-5-19(27)6-4-17/h3-13H,14-15H2,1-2H3,(H,28,34)(H,29,32). The van der Waals surface area contributed by atoms with Gasteiger partial charge in [-0.2, -0.15) is 0 Å². The van der Waals surface area contributed by atoms with Crippen molar-refractivity contribution in [1.82, 2.24) is 9.88 Å². The van der Waals surface area contributed by atoms with Gasteiger partial charge in [0.05, 0.1) is 6.54 Å². The van der Waals surface area contributed by atoms with E-state index in [0.29, 0.717) is 17.1 Å². The minimum atomic E-state index is -1.24. The molecule has 35 heavy (non-hydrogen) atoms. The molecule has 5 rings (SSSR count). The maximum atomic E-state index is 13.8. The number of nitrogens with one attached hydrogen (secondary N) is 2. The van der Waals surface area contributed by atoms with Crippen LogP contribution in [0.25, 0.3) is 10.2 Å². The number of fused-ring (bicyclic) bond motifs is 3. The number of amides is 3. The first-order valence-corrected chi connectivity index (χ1v) is 12.0. The molecule has 0 saturated carbocycles. The third kappa shape index (κ3) is 4.08. The highest BCUT2D eigenvalue weighted by molar-refractivity contribution is 7.16. The van der Waals surface area contributed by atoms with E-state index >= 15 is 0 Å². The highest BCUT2D eigenvalue weighted by atomic mass is 32.1. The van der Waals surface area contributed by atoms with E-state index in [1.165, 1.54) is 35.3 Å². The second-order valence-electron chi connectivity index (χ2n) is 8.75. The second-order valence-corrected chi connectivity index (χ2v) is 9.64. The van der Waals surface area contributed by atoms with Gasteiger partial charge in [-0.1, -0.05) is 12.1 Å². The van der Waals surface area contributed by atoms with Crippen LogP contribution < -0.4 is 15.5 Å². The van der Waals surface area contributed by atoms with Gasteiger partial charge in [-0.3, -0.25) is 19.3 Å². The lowest BCUT2D eigenvalue weighted by molar-refractivity contribution is -0.126. The molecule has 0 radical (unpaired) electrons. The summed E-state index contributed by atoms with van der Waals surface area (Å²) in [5.74, 6) is -1.16. The first-order chi connectivity index (χ1) is 16.8. The smallest absolute Gasteiger partial charge is 0.275 e. The van der Waals surface area contributed by atoms with Crippen molar-refractivity contribution < 1.29 is 18.8 Å². The molecule has 0 bridgehead atoms. The fourth-order valence-corrected chi connectivity index (χ4v) is 5.37. The number of thiophene rings is 1. The third-order valence-corrected chi connectivity index (χ3v) is 7.14. The normalized spacial score (nSPS) is 17.3. The Morgan fingerprint density at radius 2 is 1.80 bits per heavy atom. The predicted octanol–water partition coefficient (Wildman–Crippen LogP) is 4.54. The summed E-state index contributed by atoms with van der Waals surface area (Å²) >= 11 is 1.52. The Balaban J connectivity index is 1.52. The molecule has 3 heterocycles. The molecule has 0 spiro atoms. The third-order valence-electron chi connectivity index (χ3n) is 6.19. The van der Waals surface area contributed by atoms with Crippen LogP contribution in [-0.4, -0.2) is 27.8 Å². The van der Waals surface area contributed by atoms with Gasteiger partial charge in [0.15, 0.2) is 0 Å². The van der Waals surface area contributed by atoms with Gasteiger partial charge in [-0.15, -0.1) is 11.3 Å². The lowest BCUT2D eigenvalue weighted by atomic mass is 9.93. The van der Waals surface area contributed by atoms with Gasteiger partial charge < -0.3 is 15.2 Å². The molecule has 2 aromatic carbocycles. The highest BCUT2D eigenvalue weighted by Crippen LogP contribution is 2.37. The van der Waals surface area contributed by atoms with Crippen LogP contribution in [-0.2, 0) is 22.7 Å². The van der Waals surface area contributed by atoms with Gasteiger partial charge in [-0.05, 0) is 66.4 Å². The van der Waals surface area contributed by atoms with E-state index in [4.69, 9.17) is 0 Å². The monoisotopic (exact) mass is 490 g/mol. The number of anilines is 2. The van der Waals surface area contributed by atoms with E-state index in [9.17, 15) is 18.8 Å². The molecular formula is C26H23FN4O3S. The largest absolute Gasteiger partial charge is 0.350 e. The molecule has 1 aliphatic rings. The Hall–Kier alpha value is -3.98. The van der Waals surface area contributed by atoms with Crippen LogP contribution in [0.1, 0.15) is 29.9 Å². The van der Waals surface area contributed by atoms with E-state index in [1.54, 1.807) is 43.3 Å². The molecule has 2 aromatic heterocycles. The van der Waals surface area contributed by atoms with Crippen molar-refractivity contribution in [2.75, 3.05) is 10.2 Å². The maximum Gasteiger partial charge on any atom is 0.275 e. The summed E-state index contributed by atoms with van der Waals surface area (Å²) in [5, 5.41) is 8.55. The first-order valence-electron chi connectivity index (χ1n) is 11.1. The number of benzene rings is 2. The summed E-state index contributed by atoms with van der Waals surface area (Å²) in [5.41, 5.74) is 1.16. The SMILES string of the molecule is CC(=O)Nc1ccc(N2C(=O)c3cc4ccsc4n3CC2(C)C(=O)NCc2ccc(F)cc2)cc1. The maximum absolute atomic E-state index is 13.8. The van der Waals surface area contributed by atoms with Crippen LogP contribution >= 0.6 is 11.3 Å². The number of carbonyl (C=O) groups is 3. The van der Waals surface area contributed by atoms with Crippen molar-refractivity contribution in [2.24, 2.45) is 0 Å². The van der Waals surface area contributed by atoms with E-state index in [-0.39, 0.29) is 36.6 Å². The van der Waals surface area contributed by atoms with E-state index < -0.39 is 5.54 Å². The molecule has 0 aliphatic carbocycles. The molecule has 1 atom stereocenters. The van der Waals surface area contributed by atoms with Crippen LogP contribution in [0.5, 0.6) is 0 Å². The molecule has 1 aliphatic heterocycles. The lowest BCUT2D eigenvalue weighted by Gasteiger charge is -2.44. The number of aromatic nitrogens is 1. The molecule has 9 heteroatoms. The summed E-state index contributed by atoms with van der Waals surface area (Å²) in [6.07, 6.45) is 0. The molecule has 4 aromatic rings. The van der Waals surface area contributed by atoms with Crippen molar-refractivity contribution in [3.63, 3.8) is 0 Å².